The lowest BCUT2D eigenvalue weighted by Crippen LogP contribution is -2.39. The van der Waals surface area contributed by atoms with Crippen molar-refractivity contribution in [1.82, 2.24) is 9.88 Å². The van der Waals surface area contributed by atoms with E-state index in [2.05, 4.69) is 4.98 Å². The van der Waals surface area contributed by atoms with Crippen LogP contribution in [0.1, 0.15) is 44.9 Å². The number of aromatic nitrogens is 1. The van der Waals surface area contributed by atoms with Crippen molar-refractivity contribution in [2.45, 2.75) is 19.4 Å². The minimum atomic E-state index is -0.626. The summed E-state index contributed by atoms with van der Waals surface area (Å²) in [6.07, 6.45) is 2.03. The van der Waals surface area contributed by atoms with Crippen LogP contribution >= 0.6 is 23.2 Å². The fourth-order valence-electron chi connectivity index (χ4n) is 2.96. The van der Waals surface area contributed by atoms with Gasteiger partial charge < -0.3 is 10.6 Å². The molecule has 5 nitrogen and oxygen atoms in total. The number of amides is 2. The molecular weight excluding hydrogens is 349 g/mol. The number of nitrogens with two attached hydrogens (primary N) is 1. The van der Waals surface area contributed by atoms with Crippen LogP contribution in [0, 0.1) is 0 Å². The molecule has 1 unspecified atom stereocenters. The van der Waals surface area contributed by atoms with Gasteiger partial charge in [0.1, 0.15) is 5.69 Å². The van der Waals surface area contributed by atoms with Gasteiger partial charge in [0, 0.05) is 22.8 Å². The molecule has 1 aromatic heterocycles. The van der Waals surface area contributed by atoms with Crippen LogP contribution in [0.4, 0.5) is 0 Å². The summed E-state index contributed by atoms with van der Waals surface area (Å²) in [5.41, 5.74) is 7.68. The minimum Gasteiger partial charge on any atom is -0.364 e. The molecule has 1 atom stereocenters. The molecular formula is C17H15Cl2N3O2. The third-order valence-electron chi connectivity index (χ3n) is 4.24. The predicted octanol–water partition coefficient (Wildman–Crippen LogP) is 3.25. The molecule has 0 saturated heterocycles. The van der Waals surface area contributed by atoms with Crippen LogP contribution < -0.4 is 5.73 Å². The summed E-state index contributed by atoms with van der Waals surface area (Å²) in [7, 11) is 0. The van der Waals surface area contributed by atoms with Gasteiger partial charge in [-0.05, 0) is 48.7 Å². The molecule has 1 aromatic carbocycles. The van der Waals surface area contributed by atoms with E-state index in [0.29, 0.717) is 28.6 Å². The van der Waals surface area contributed by atoms with Crippen LogP contribution in [0.3, 0.4) is 0 Å². The van der Waals surface area contributed by atoms with Gasteiger partial charge in [-0.1, -0.05) is 23.2 Å². The summed E-state index contributed by atoms with van der Waals surface area (Å²) >= 11 is 12.4. The smallest absolute Gasteiger partial charge is 0.267 e. The van der Waals surface area contributed by atoms with Gasteiger partial charge in [-0.15, -0.1) is 0 Å². The van der Waals surface area contributed by atoms with Crippen molar-refractivity contribution in [2.24, 2.45) is 5.73 Å². The van der Waals surface area contributed by atoms with E-state index < -0.39 is 5.91 Å². The van der Waals surface area contributed by atoms with Crippen molar-refractivity contribution in [1.29, 1.82) is 0 Å². The summed E-state index contributed by atoms with van der Waals surface area (Å²) < 4.78 is 0. The second kappa shape index (κ2) is 6.42. The molecule has 2 amide bonds. The van der Waals surface area contributed by atoms with Crippen molar-refractivity contribution in [2.75, 3.05) is 6.54 Å². The second-order valence-corrected chi connectivity index (χ2v) is 6.52. The summed E-state index contributed by atoms with van der Waals surface area (Å²) in [5.74, 6) is -0.786. The number of benzene rings is 1. The number of hydrogen-bond donors (Lipinski definition) is 1. The van der Waals surface area contributed by atoms with Gasteiger partial charge in [0.05, 0.1) is 11.6 Å². The zero-order valence-electron chi connectivity index (χ0n) is 12.9. The largest absolute Gasteiger partial charge is 0.364 e. The third kappa shape index (κ3) is 2.97. The van der Waals surface area contributed by atoms with Gasteiger partial charge >= 0.3 is 0 Å². The average Bonchev–Trinajstić information content (AvgIpc) is 2.55. The van der Waals surface area contributed by atoms with E-state index in [0.717, 1.165) is 11.1 Å². The maximum atomic E-state index is 12.8. The fourth-order valence-corrected chi connectivity index (χ4v) is 3.57. The standard InChI is InChI=1S/C17H15Cl2N3O2/c1-9-13-6-11(18)7-14(19)12(13)4-5-22(9)17(24)10-2-3-15(16(20)23)21-8-10/h2-3,6-9H,4-5H2,1H3,(H2,20,23). The van der Waals surface area contributed by atoms with Crippen LogP contribution in [-0.4, -0.2) is 28.2 Å². The van der Waals surface area contributed by atoms with E-state index >= 15 is 0 Å². The number of halogens is 2. The lowest BCUT2D eigenvalue weighted by Gasteiger charge is -2.36. The Balaban J connectivity index is 1.90. The van der Waals surface area contributed by atoms with Crippen molar-refractivity contribution in [3.63, 3.8) is 0 Å². The molecule has 0 aliphatic carbocycles. The molecule has 3 rings (SSSR count). The molecule has 7 heteroatoms. The molecule has 2 N–H and O–H groups in total. The van der Waals surface area contributed by atoms with Crippen LogP contribution in [0.5, 0.6) is 0 Å². The van der Waals surface area contributed by atoms with Crippen molar-refractivity contribution in [3.05, 3.63) is 62.9 Å². The van der Waals surface area contributed by atoms with Gasteiger partial charge in [-0.2, -0.15) is 0 Å². The Kier molecular flexibility index (Phi) is 4.47. The van der Waals surface area contributed by atoms with Gasteiger partial charge in [-0.3, -0.25) is 14.6 Å². The van der Waals surface area contributed by atoms with Crippen molar-refractivity contribution in [3.8, 4) is 0 Å². The van der Waals surface area contributed by atoms with Crippen LogP contribution in [0.2, 0.25) is 10.0 Å². The van der Waals surface area contributed by atoms with Crippen LogP contribution in [-0.2, 0) is 6.42 Å². The Bertz CT molecular complexity index is 821. The predicted molar refractivity (Wildman–Crippen MR) is 92.4 cm³/mol. The first-order valence-corrected chi connectivity index (χ1v) is 8.18. The third-order valence-corrected chi connectivity index (χ3v) is 4.79. The Morgan fingerprint density at radius 2 is 2.04 bits per heavy atom. The van der Waals surface area contributed by atoms with E-state index in [4.69, 9.17) is 28.9 Å². The molecule has 0 bridgehead atoms. The molecule has 0 spiro atoms. The SMILES string of the molecule is CC1c2cc(Cl)cc(Cl)c2CCN1C(=O)c1ccc(C(N)=O)nc1. The number of rotatable bonds is 2. The monoisotopic (exact) mass is 363 g/mol. The molecule has 24 heavy (non-hydrogen) atoms. The number of primary amides is 1. The van der Waals surface area contributed by atoms with E-state index in [9.17, 15) is 9.59 Å². The van der Waals surface area contributed by atoms with Gasteiger partial charge in [0.2, 0.25) is 0 Å². The molecule has 0 saturated carbocycles. The number of hydrogen-bond acceptors (Lipinski definition) is 3. The number of pyridine rings is 1. The highest BCUT2D eigenvalue weighted by Gasteiger charge is 2.30. The first-order chi connectivity index (χ1) is 11.4. The number of carbonyl (C=O) groups excluding carboxylic acids is 2. The maximum absolute atomic E-state index is 12.8. The molecule has 124 valence electrons. The lowest BCUT2D eigenvalue weighted by atomic mass is 9.93. The Morgan fingerprint density at radius 3 is 2.67 bits per heavy atom. The summed E-state index contributed by atoms with van der Waals surface area (Å²) in [6, 6.07) is 6.42. The Labute approximate surface area is 149 Å². The highest BCUT2D eigenvalue weighted by Crippen LogP contribution is 2.36. The first-order valence-electron chi connectivity index (χ1n) is 7.43. The zero-order valence-corrected chi connectivity index (χ0v) is 14.4. The van der Waals surface area contributed by atoms with Gasteiger partial charge in [0.25, 0.3) is 11.8 Å². The molecule has 1 aliphatic rings. The van der Waals surface area contributed by atoms with Gasteiger partial charge in [-0.25, -0.2) is 0 Å². The lowest BCUT2D eigenvalue weighted by molar-refractivity contribution is 0.0676. The van der Waals surface area contributed by atoms with Gasteiger partial charge in [0.15, 0.2) is 0 Å². The van der Waals surface area contributed by atoms with E-state index in [1.54, 1.807) is 17.0 Å². The average molecular weight is 364 g/mol. The Morgan fingerprint density at radius 1 is 1.29 bits per heavy atom. The van der Waals surface area contributed by atoms with Crippen LogP contribution in [0.15, 0.2) is 30.5 Å². The minimum absolute atomic E-state index is 0.127. The highest BCUT2D eigenvalue weighted by atomic mass is 35.5. The molecule has 1 aliphatic heterocycles. The second-order valence-electron chi connectivity index (χ2n) is 5.68. The van der Waals surface area contributed by atoms with E-state index in [-0.39, 0.29) is 17.6 Å². The number of fused-ring (bicyclic) bond motifs is 1. The summed E-state index contributed by atoms with van der Waals surface area (Å²) in [4.78, 5) is 29.5. The zero-order chi connectivity index (χ0) is 17.4. The Hall–Kier alpha value is -2.11. The molecule has 0 fully saturated rings. The summed E-state index contributed by atoms with van der Waals surface area (Å²) in [5, 5.41) is 1.18. The normalized spacial score (nSPS) is 16.6. The maximum Gasteiger partial charge on any atom is 0.267 e. The van der Waals surface area contributed by atoms with Crippen molar-refractivity contribution >= 4 is 35.0 Å². The summed E-state index contributed by atoms with van der Waals surface area (Å²) in [6.45, 7) is 2.49. The van der Waals surface area contributed by atoms with E-state index in [1.807, 2.05) is 13.0 Å². The topological polar surface area (TPSA) is 76.3 Å². The number of carbonyl (C=O) groups is 2. The molecule has 2 heterocycles. The fraction of sp³-hybridized carbons (Fsp3) is 0.235. The molecule has 2 aromatic rings. The molecule has 0 radical (unpaired) electrons. The highest BCUT2D eigenvalue weighted by molar-refractivity contribution is 6.35. The van der Waals surface area contributed by atoms with Crippen molar-refractivity contribution < 1.29 is 9.59 Å². The number of nitrogens with zero attached hydrogens (tertiary/aromatic N) is 2. The van der Waals surface area contributed by atoms with E-state index in [1.165, 1.54) is 12.3 Å². The quantitative estimate of drug-likeness (QED) is 0.889. The first kappa shape index (κ1) is 16.7. The van der Waals surface area contributed by atoms with Crippen LogP contribution in [0.25, 0.3) is 0 Å².